The van der Waals surface area contributed by atoms with Crippen LogP contribution in [0, 0.1) is 28.3 Å². The van der Waals surface area contributed by atoms with E-state index < -0.39 is 29.5 Å². The van der Waals surface area contributed by atoms with Crippen LogP contribution < -0.4 is 20.7 Å². The molecular weight excluding hydrogens is 567 g/mol. The Labute approximate surface area is 248 Å². The van der Waals surface area contributed by atoms with Crippen molar-refractivity contribution in [2.75, 3.05) is 12.4 Å². The van der Waals surface area contributed by atoms with Gasteiger partial charge in [0, 0.05) is 33.9 Å². The van der Waals surface area contributed by atoms with Gasteiger partial charge in [-0.25, -0.2) is 18.2 Å². The molecule has 0 heterocycles. The molecule has 3 atom stereocenters. The second kappa shape index (κ2) is 12.5. The van der Waals surface area contributed by atoms with E-state index in [0.29, 0.717) is 11.3 Å². The highest BCUT2D eigenvalue weighted by Crippen LogP contribution is 2.58. The first-order chi connectivity index (χ1) is 19.8. The number of carbonyl (C=O) groups excluding carboxylic acids is 1. The monoisotopic (exact) mass is 599 g/mol. The highest BCUT2D eigenvalue weighted by atomic mass is 35.5. The molecule has 1 aliphatic rings. The Morgan fingerprint density at radius 3 is 2.33 bits per heavy atom. The van der Waals surface area contributed by atoms with Crippen LogP contribution in [0.5, 0.6) is 5.75 Å². The second-order valence-corrected chi connectivity index (χ2v) is 11.3. The van der Waals surface area contributed by atoms with Crippen LogP contribution in [0.25, 0.3) is 0 Å². The third-order valence-electron chi connectivity index (χ3n) is 7.88. The predicted molar refractivity (Wildman–Crippen MR) is 159 cm³/mol. The minimum Gasteiger partial charge on any atom is -0.497 e. The lowest BCUT2D eigenvalue weighted by atomic mass is 9.99. The number of anilines is 1. The van der Waals surface area contributed by atoms with Crippen molar-refractivity contribution in [2.45, 2.75) is 51.7 Å². The molecule has 0 bridgehead atoms. The Kier molecular flexibility index (Phi) is 9.27. The first-order valence-corrected chi connectivity index (χ1v) is 13.8. The van der Waals surface area contributed by atoms with E-state index in [-0.39, 0.29) is 45.3 Å². The Morgan fingerprint density at radius 1 is 1.05 bits per heavy atom. The molecule has 0 aliphatic heterocycles. The maximum atomic E-state index is 14.1. The average molecular weight is 600 g/mol. The van der Waals surface area contributed by atoms with E-state index in [4.69, 9.17) is 26.7 Å². The first-order valence-electron chi connectivity index (χ1n) is 13.4. The summed E-state index contributed by atoms with van der Waals surface area (Å²) in [6, 6.07) is 13.6. The van der Waals surface area contributed by atoms with E-state index in [2.05, 4.69) is 36.7 Å². The van der Waals surface area contributed by atoms with Crippen LogP contribution in [-0.2, 0) is 0 Å². The van der Waals surface area contributed by atoms with Gasteiger partial charge in [0.05, 0.1) is 7.11 Å². The number of amides is 1. The van der Waals surface area contributed by atoms with Gasteiger partial charge < -0.3 is 15.5 Å². The number of guanidine groups is 1. The second-order valence-electron chi connectivity index (χ2n) is 10.8. The minimum absolute atomic E-state index is 0.00162. The van der Waals surface area contributed by atoms with Crippen LogP contribution in [0.2, 0.25) is 5.02 Å². The molecule has 0 radical (unpaired) electrons. The summed E-state index contributed by atoms with van der Waals surface area (Å²) in [4.78, 5) is 17.8. The van der Waals surface area contributed by atoms with Crippen molar-refractivity contribution in [1.82, 2.24) is 10.6 Å². The van der Waals surface area contributed by atoms with Gasteiger partial charge in [-0.1, -0.05) is 25.4 Å². The number of aliphatic imine (C=N–C) groups is 1. The molecule has 1 aliphatic carbocycles. The standard InChI is InChI=1S/C31H33ClF3N5O2/c1-5-30(2)17-31(30,3)40-27(16-26(36)18-6-9-23(42-4)10-7-18)38-29(37-22-14-20(32)13-21(33)15-22)39-28(41)19-8-11-24(34)25(35)12-19/h6-15,27,36,40H,5,16-17H2,1-4H3,(H2,37,38,39,41). The van der Waals surface area contributed by atoms with Gasteiger partial charge in [-0.05, 0) is 91.4 Å². The van der Waals surface area contributed by atoms with Gasteiger partial charge in [0.2, 0.25) is 5.96 Å². The zero-order chi connectivity index (χ0) is 30.7. The molecule has 0 saturated heterocycles. The third-order valence-corrected chi connectivity index (χ3v) is 8.09. The molecule has 222 valence electrons. The number of methoxy groups -OCH3 is 1. The van der Waals surface area contributed by atoms with E-state index in [1.807, 2.05) is 0 Å². The number of hydrogen-bond donors (Lipinski definition) is 4. The third kappa shape index (κ3) is 7.30. The predicted octanol–water partition coefficient (Wildman–Crippen LogP) is 6.92. The molecule has 1 amide bonds. The Bertz CT molecular complexity index is 1500. The van der Waals surface area contributed by atoms with Crippen molar-refractivity contribution in [3.05, 3.63) is 94.3 Å². The molecule has 3 unspecified atom stereocenters. The van der Waals surface area contributed by atoms with Gasteiger partial charge in [0.25, 0.3) is 5.91 Å². The molecule has 1 saturated carbocycles. The summed E-state index contributed by atoms with van der Waals surface area (Å²) in [5, 5.41) is 17.9. The zero-order valence-electron chi connectivity index (χ0n) is 23.7. The Balaban J connectivity index is 1.69. The van der Waals surface area contributed by atoms with Gasteiger partial charge in [0.15, 0.2) is 11.6 Å². The highest BCUT2D eigenvalue weighted by molar-refractivity contribution is 6.31. The molecule has 3 aromatic rings. The fraction of sp³-hybridized carbons (Fsp3) is 0.323. The van der Waals surface area contributed by atoms with E-state index in [0.717, 1.165) is 37.1 Å². The van der Waals surface area contributed by atoms with Crippen molar-refractivity contribution >= 4 is 34.9 Å². The van der Waals surface area contributed by atoms with Gasteiger partial charge in [-0.15, -0.1) is 0 Å². The lowest BCUT2D eigenvalue weighted by Gasteiger charge is -2.26. The zero-order valence-corrected chi connectivity index (χ0v) is 24.5. The van der Waals surface area contributed by atoms with E-state index >= 15 is 0 Å². The quantitative estimate of drug-likeness (QED) is 0.150. The summed E-state index contributed by atoms with van der Waals surface area (Å²) in [7, 11) is 1.56. The van der Waals surface area contributed by atoms with Gasteiger partial charge in [0.1, 0.15) is 17.7 Å². The molecule has 7 nitrogen and oxygen atoms in total. The van der Waals surface area contributed by atoms with Gasteiger partial charge in [-0.3, -0.25) is 15.4 Å². The molecule has 0 aromatic heterocycles. The van der Waals surface area contributed by atoms with Crippen LogP contribution in [-0.4, -0.2) is 36.4 Å². The summed E-state index contributed by atoms with van der Waals surface area (Å²) in [6.07, 6.45) is 1.22. The van der Waals surface area contributed by atoms with Crippen LogP contribution >= 0.6 is 11.6 Å². The normalized spacial score (nSPS) is 20.5. The topological polar surface area (TPSA) is 98.6 Å². The molecule has 1 fully saturated rings. The van der Waals surface area contributed by atoms with Crippen molar-refractivity contribution in [3.63, 3.8) is 0 Å². The van der Waals surface area contributed by atoms with Gasteiger partial charge in [-0.2, -0.15) is 0 Å². The first kappa shape index (κ1) is 31.1. The number of carbonyl (C=O) groups is 1. The molecular formula is C31H33ClF3N5O2. The molecule has 42 heavy (non-hydrogen) atoms. The summed E-state index contributed by atoms with van der Waals surface area (Å²) < 4.78 is 46.7. The smallest absolute Gasteiger partial charge is 0.258 e. The summed E-state index contributed by atoms with van der Waals surface area (Å²) >= 11 is 6.04. The summed E-state index contributed by atoms with van der Waals surface area (Å²) in [6.45, 7) is 6.34. The van der Waals surface area contributed by atoms with Crippen LogP contribution in [0.1, 0.15) is 56.0 Å². The average Bonchev–Trinajstić information content (AvgIpc) is 3.49. The maximum absolute atomic E-state index is 14.1. The van der Waals surface area contributed by atoms with E-state index in [1.165, 1.54) is 12.1 Å². The molecule has 0 spiro atoms. The molecule has 11 heteroatoms. The van der Waals surface area contributed by atoms with Crippen molar-refractivity contribution in [2.24, 2.45) is 10.4 Å². The van der Waals surface area contributed by atoms with Crippen LogP contribution in [0.3, 0.4) is 0 Å². The van der Waals surface area contributed by atoms with Gasteiger partial charge >= 0.3 is 0 Å². The van der Waals surface area contributed by atoms with Crippen LogP contribution in [0.15, 0.2) is 65.7 Å². The maximum Gasteiger partial charge on any atom is 0.258 e. The van der Waals surface area contributed by atoms with Crippen molar-refractivity contribution in [1.29, 1.82) is 5.41 Å². The Hall–Kier alpha value is -3.89. The SMILES string of the molecule is CCC1(C)CC1(C)NC(CC(=N)c1ccc(OC)cc1)N=C(NC(=O)c1ccc(F)c(F)c1)Nc1cc(F)cc(Cl)c1. The van der Waals surface area contributed by atoms with E-state index in [1.54, 1.807) is 31.4 Å². The van der Waals surface area contributed by atoms with Crippen molar-refractivity contribution in [3.8, 4) is 5.75 Å². The highest BCUT2D eigenvalue weighted by Gasteiger charge is 2.60. The lowest BCUT2D eigenvalue weighted by molar-refractivity contribution is 0.0976. The number of halogens is 4. The minimum atomic E-state index is -1.18. The summed E-state index contributed by atoms with van der Waals surface area (Å²) in [5.74, 6) is -3.11. The summed E-state index contributed by atoms with van der Waals surface area (Å²) in [5.41, 5.74) is 0.693. The number of benzene rings is 3. The van der Waals surface area contributed by atoms with E-state index in [9.17, 15) is 18.0 Å². The molecule has 4 rings (SSSR count). The number of hydrogen-bond acceptors (Lipinski definition) is 5. The fourth-order valence-corrected chi connectivity index (χ4v) is 5.13. The molecule has 4 N–H and O–H groups in total. The fourth-order valence-electron chi connectivity index (χ4n) is 4.91. The molecule has 3 aromatic carbocycles. The van der Waals surface area contributed by atoms with Crippen LogP contribution in [0.4, 0.5) is 18.9 Å². The number of nitrogens with one attached hydrogen (secondary N) is 4. The number of rotatable bonds is 10. The number of ether oxygens (including phenoxy) is 1. The number of nitrogens with zero attached hydrogens (tertiary/aromatic N) is 1. The lowest BCUT2D eigenvalue weighted by Crippen LogP contribution is -2.45. The van der Waals surface area contributed by atoms with Crippen molar-refractivity contribution < 1.29 is 22.7 Å². The Morgan fingerprint density at radius 2 is 1.74 bits per heavy atom. The largest absolute Gasteiger partial charge is 0.497 e.